The number of benzene rings is 2. The van der Waals surface area contributed by atoms with Crippen molar-refractivity contribution in [3.8, 4) is 0 Å². The molecule has 1 fully saturated rings. The molecule has 4 heteroatoms. The number of likely N-dealkylation sites (tertiary alicyclic amines) is 1. The second kappa shape index (κ2) is 8.63. The Bertz CT molecular complexity index is 697. The van der Waals surface area contributed by atoms with E-state index in [9.17, 15) is 4.79 Å². The highest BCUT2D eigenvalue weighted by Gasteiger charge is 2.25. The highest BCUT2D eigenvalue weighted by Crippen LogP contribution is 2.21. The SMILES string of the molecule is CCc1ccc(NC(=O)C2CCCN(Cc3ccc(Br)cc3)C2)cc1. The third-order valence-electron chi connectivity index (χ3n) is 4.83. The van der Waals surface area contributed by atoms with Crippen molar-refractivity contribution in [2.75, 3.05) is 18.4 Å². The molecule has 1 saturated heterocycles. The fraction of sp³-hybridized carbons (Fsp3) is 0.381. The summed E-state index contributed by atoms with van der Waals surface area (Å²) in [6.07, 6.45) is 3.06. The lowest BCUT2D eigenvalue weighted by molar-refractivity contribution is -0.121. The molecule has 25 heavy (non-hydrogen) atoms. The lowest BCUT2D eigenvalue weighted by atomic mass is 9.96. The number of rotatable bonds is 5. The van der Waals surface area contributed by atoms with Gasteiger partial charge in [0.2, 0.25) is 5.91 Å². The summed E-state index contributed by atoms with van der Waals surface area (Å²) >= 11 is 3.47. The van der Waals surface area contributed by atoms with Crippen molar-refractivity contribution in [1.82, 2.24) is 4.90 Å². The number of nitrogens with zero attached hydrogens (tertiary/aromatic N) is 1. The average Bonchev–Trinajstić information content (AvgIpc) is 2.64. The van der Waals surface area contributed by atoms with Crippen molar-refractivity contribution in [2.24, 2.45) is 5.92 Å². The van der Waals surface area contributed by atoms with E-state index in [0.29, 0.717) is 0 Å². The van der Waals surface area contributed by atoms with E-state index in [-0.39, 0.29) is 11.8 Å². The van der Waals surface area contributed by atoms with Crippen LogP contribution in [-0.2, 0) is 17.8 Å². The van der Waals surface area contributed by atoms with E-state index in [2.05, 4.69) is 69.5 Å². The zero-order valence-corrected chi connectivity index (χ0v) is 16.3. The van der Waals surface area contributed by atoms with Gasteiger partial charge in [0.1, 0.15) is 0 Å². The molecule has 1 N–H and O–H groups in total. The molecule has 2 aromatic carbocycles. The fourth-order valence-corrected chi connectivity index (χ4v) is 3.59. The maximum absolute atomic E-state index is 12.6. The van der Waals surface area contributed by atoms with E-state index in [1.54, 1.807) is 0 Å². The summed E-state index contributed by atoms with van der Waals surface area (Å²) in [4.78, 5) is 15.0. The van der Waals surface area contributed by atoms with Crippen LogP contribution in [0.5, 0.6) is 0 Å². The summed E-state index contributed by atoms with van der Waals surface area (Å²) in [7, 11) is 0. The van der Waals surface area contributed by atoms with Gasteiger partial charge in [-0.1, -0.05) is 47.1 Å². The number of hydrogen-bond acceptors (Lipinski definition) is 2. The Kier molecular flexibility index (Phi) is 6.27. The molecular weight excluding hydrogens is 376 g/mol. The van der Waals surface area contributed by atoms with Gasteiger partial charge in [0.25, 0.3) is 0 Å². The first-order chi connectivity index (χ1) is 12.1. The van der Waals surface area contributed by atoms with Gasteiger partial charge in [-0.05, 0) is 61.2 Å². The van der Waals surface area contributed by atoms with Crippen LogP contribution < -0.4 is 5.32 Å². The smallest absolute Gasteiger partial charge is 0.228 e. The summed E-state index contributed by atoms with van der Waals surface area (Å²) in [6.45, 7) is 4.93. The van der Waals surface area contributed by atoms with Crippen LogP contribution in [0.1, 0.15) is 30.9 Å². The van der Waals surface area contributed by atoms with E-state index in [0.717, 1.165) is 49.1 Å². The Morgan fingerprint density at radius 1 is 1.12 bits per heavy atom. The molecule has 132 valence electrons. The number of anilines is 1. The molecule has 1 aliphatic heterocycles. The van der Waals surface area contributed by atoms with Crippen molar-refractivity contribution >= 4 is 27.5 Å². The molecule has 0 bridgehead atoms. The summed E-state index contributed by atoms with van der Waals surface area (Å²) in [5, 5.41) is 3.08. The van der Waals surface area contributed by atoms with E-state index in [1.165, 1.54) is 11.1 Å². The predicted octanol–water partition coefficient (Wildman–Crippen LogP) is 4.86. The second-order valence-electron chi connectivity index (χ2n) is 6.74. The van der Waals surface area contributed by atoms with Crippen LogP contribution in [0.2, 0.25) is 0 Å². The maximum atomic E-state index is 12.6. The van der Waals surface area contributed by atoms with Crippen molar-refractivity contribution in [2.45, 2.75) is 32.7 Å². The fourth-order valence-electron chi connectivity index (χ4n) is 3.33. The minimum atomic E-state index is 0.0649. The second-order valence-corrected chi connectivity index (χ2v) is 7.66. The van der Waals surface area contributed by atoms with Crippen LogP contribution >= 0.6 is 15.9 Å². The molecule has 3 nitrogen and oxygen atoms in total. The Labute approximate surface area is 158 Å². The Morgan fingerprint density at radius 3 is 2.48 bits per heavy atom. The zero-order chi connectivity index (χ0) is 17.6. The molecule has 1 amide bonds. The number of amides is 1. The molecule has 1 heterocycles. The van der Waals surface area contributed by atoms with Crippen LogP contribution in [0.3, 0.4) is 0 Å². The largest absolute Gasteiger partial charge is 0.326 e. The highest BCUT2D eigenvalue weighted by molar-refractivity contribution is 9.10. The first kappa shape index (κ1) is 18.2. The van der Waals surface area contributed by atoms with Gasteiger partial charge in [-0.2, -0.15) is 0 Å². The molecule has 0 aliphatic carbocycles. The summed E-state index contributed by atoms with van der Waals surface area (Å²) in [5.41, 5.74) is 3.47. The Hall–Kier alpha value is -1.65. The van der Waals surface area contributed by atoms with Crippen molar-refractivity contribution in [3.05, 3.63) is 64.1 Å². The number of hydrogen-bond donors (Lipinski definition) is 1. The molecule has 0 aromatic heterocycles. The van der Waals surface area contributed by atoms with Gasteiger partial charge in [-0.25, -0.2) is 0 Å². The Morgan fingerprint density at radius 2 is 1.80 bits per heavy atom. The van der Waals surface area contributed by atoms with Crippen molar-refractivity contribution < 1.29 is 4.79 Å². The minimum absolute atomic E-state index is 0.0649. The molecular formula is C21H25BrN2O. The number of carbonyl (C=O) groups is 1. The Balaban J connectivity index is 1.56. The number of halogens is 1. The highest BCUT2D eigenvalue weighted by atomic mass is 79.9. The minimum Gasteiger partial charge on any atom is -0.326 e. The molecule has 2 aromatic rings. The van der Waals surface area contributed by atoms with E-state index >= 15 is 0 Å². The molecule has 3 rings (SSSR count). The quantitative estimate of drug-likeness (QED) is 0.776. The van der Waals surface area contributed by atoms with Gasteiger partial charge in [0.05, 0.1) is 5.92 Å². The lowest BCUT2D eigenvalue weighted by Gasteiger charge is -2.32. The van der Waals surface area contributed by atoms with Gasteiger partial charge >= 0.3 is 0 Å². The van der Waals surface area contributed by atoms with Gasteiger partial charge in [-0.15, -0.1) is 0 Å². The average molecular weight is 401 g/mol. The monoisotopic (exact) mass is 400 g/mol. The number of carbonyl (C=O) groups excluding carboxylic acids is 1. The van der Waals surface area contributed by atoms with E-state index < -0.39 is 0 Å². The molecule has 1 aliphatic rings. The van der Waals surface area contributed by atoms with Gasteiger partial charge < -0.3 is 5.32 Å². The number of nitrogens with one attached hydrogen (secondary N) is 1. The topological polar surface area (TPSA) is 32.3 Å². The normalized spacial score (nSPS) is 18.1. The third kappa shape index (κ3) is 5.16. The van der Waals surface area contributed by atoms with Crippen LogP contribution in [0.15, 0.2) is 53.0 Å². The molecule has 0 spiro atoms. The van der Waals surface area contributed by atoms with E-state index in [4.69, 9.17) is 0 Å². The van der Waals surface area contributed by atoms with Crippen LogP contribution in [-0.4, -0.2) is 23.9 Å². The van der Waals surface area contributed by atoms with Crippen LogP contribution in [0.4, 0.5) is 5.69 Å². The summed E-state index contributed by atoms with van der Waals surface area (Å²) in [5.74, 6) is 0.208. The molecule has 0 saturated carbocycles. The van der Waals surface area contributed by atoms with Crippen LogP contribution in [0.25, 0.3) is 0 Å². The molecule has 1 atom stereocenters. The van der Waals surface area contributed by atoms with Crippen molar-refractivity contribution in [3.63, 3.8) is 0 Å². The molecule has 1 unspecified atom stereocenters. The van der Waals surface area contributed by atoms with Gasteiger partial charge in [0.15, 0.2) is 0 Å². The number of piperidine rings is 1. The first-order valence-corrected chi connectivity index (χ1v) is 9.80. The molecule has 0 radical (unpaired) electrons. The summed E-state index contributed by atoms with van der Waals surface area (Å²) in [6, 6.07) is 16.6. The maximum Gasteiger partial charge on any atom is 0.228 e. The predicted molar refractivity (Wildman–Crippen MR) is 107 cm³/mol. The first-order valence-electron chi connectivity index (χ1n) is 9.00. The third-order valence-corrected chi connectivity index (χ3v) is 5.35. The van der Waals surface area contributed by atoms with Gasteiger partial charge in [0, 0.05) is 23.2 Å². The van der Waals surface area contributed by atoms with E-state index in [1.807, 2.05) is 12.1 Å². The van der Waals surface area contributed by atoms with Crippen molar-refractivity contribution in [1.29, 1.82) is 0 Å². The van der Waals surface area contributed by atoms with Crippen LogP contribution in [0, 0.1) is 5.92 Å². The standard InChI is InChI=1S/C21H25BrN2O/c1-2-16-7-11-20(12-8-16)23-21(25)18-4-3-13-24(15-18)14-17-5-9-19(22)10-6-17/h5-12,18H,2-4,13-15H2,1H3,(H,23,25). The van der Waals surface area contributed by atoms with Gasteiger partial charge in [-0.3, -0.25) is 9.69 Å². The zero-order valence-electron chi connectivity index (χ0n) is 14.7. The lowest BCUT2D eigenvalue weighted by Crippen LogP contribution is -2.40. The number of aryl methyl sites for hydroxylation is 1. The summed E-state index contributed by atoms with van der Waals surface area (Å²) < 4.78 is 1.10.